The van der Waals surface area contributed by atoms with Gasteiger partial charge >= 0.3 is 0 Å². The Morgan fingerprint density at radius 2 is 2.19 bits per heavy atom. The van der Waals surface area contributed by atoms with Gasteiger partial charge in [0.2, 0.25) is 0 Å². The largest absolute Gasteiger partial charge is 0.493 e. The van der Waals surface area contributed by atoms with E-state index in [1.54, 1.807) is 36.5 Å². The number of ether oxygens (including phenoxy) is 1. The van der Waals surface area contributed by atoms with E-state index >= 15 is 0 Å². The third-order valence-corrected chi connectivity index (χ3v) is 3.60. The number of pyridine rings is 1. The van der Waals surface area contributed by atoms with E-state index in [1.165, 1.54) is 11.8 Å². The molecule has 0 radical (unpaired) electrons. The number of nitrogen functional groups attached to an aromatic ring is 2. The number of aromatic nitrogens is 1. The van der Waals surface area contributed by atoms with Crippen molar-refractivity contribution < 1.29 is 9.53 Å². The fourth-order valence-corrected chi connectivity index (χ4v) is 2.36. The third-order valence-electron chi connectivity index (χ3n) is 2.62. The molecule has 110 valence electrons. The standard InChI is InChI=1S/C14H16N4O2S/c15-12-5-2-6-17-14(12)21-8-7-20-11-4-1-3-10(9-11)13(19)18-16/h1-6,9H,7-8,15-16H2,(H,18,19). The van der Waals surface area contributed by atoms with E-state index in [4.69, 9.17) is 16.3 Å². The maximum absolute atomic E-state index is 11.4. The number of amides is 1. The normalized spacial score (nSPS) is 10.1. The van der Waals surface area contributed by atoms with Crippen molar-refractivity contribution in [2.24, 2.45) is 5.84 Å². The van der Waals surface area contributed by atoms with Gasteiger partial charge in [-0.25, -0.2) is 10.8 Å². The summed E-state index contributed by atoms with van der Waals surface area (Å²) in [5, 5.41) is 0.789. The van der Waals surface area contributed by atoms with Gasteiger partial charge in [0.1, 0.15) is 10.8 Å². The first-order valence-corrected chi connectivity index (χ1v) is 7.26. The number of carbonyl (C=O) groups is 1. The van der Waals surface area contributed by atoms with Crippen LogP contribution in [0.4, 0.5) is 5.69 Å². The molecule has 0 saturated heterocycles. The molecule has 0 fully saturated rings. The molecule has 0 aliphatic heterocycles. The molecule has 5 N–H and O–H groups in total. The predicted molar refractivity (Wildman–Crippen MR) is 83.0 cm³/mol. The van der Waals surface area contributed by atoms with Crippen LogP contribution in [0, 0.1) is 0 Å². The van der Waals surface area contributed by atoms with Gasteiger partial charge in [0.05, 0.1) is 12.3 Å². The average Bonchev–Trinajstić information content (AvgIpc) is 2.52. The Bertz CT molecular complexity index is 621. The lowest BCUT2D eigenvalue weighted by atomic mass is 10.2. The Kier molecular flexibility index (Phi) is 5.42. The lowest BCUT2D eigenvalue weighted by Gasteiger charge is -2.08. The number of nitrogens with two attached hydrogens (primary N) is 2. The lowest BCUT2D eigenvalue weighted by Crippen LogP contribution is -2.29. The van der Waals surface area contributed by atoms with Gasteiger partial charge in [0.25, 0.3) is 5.91 Å². The van der Waals surface area contributed by atoms with E-state index in [0.717, 1.165) is 5.03 Å². The number of carbonyl (C=O) groups excluding carboxylic acids is 1. The molecule has 0 unspecified atom stereocenters. The highest BCUT2D eigenvalue weighted by molar-refractivity contribution is 7.99. The van der Waals surface area contributed by atoms with Gasteiger partial charge in [-0.2, -0.15) is 0 Å². The summed E-state index contributed by atoms with van der Waals surface area (Å²) in [6, 6.07) is 10.4. The molecular formula is C14H16N4O2S. The zero-order valence-electron chi connectivity index (χ0n) is 11.3. The number of thioether (sulfide) groups is 1. The van der Waals surface area contributed by atoms with Crippen molar-refractivity contribution in [2.75, 3.05) is 18.1 Å². The van der Waals surface area contributed by atoms with E-state index in [9.17, 15) is 4.79 Å². The lowest BCUT2D eigenvalue weighted by molar-refractivity contribution is 0.0953. The van der Waals surface area contributed by atoms with Crippen LogP contribution in [0.2, 0.25) is 0 Å². The van der Waals surface area contributed by atoms with Crippen LogP contribution in [0.3, 0.4) is 0 Å². The van der Waals surface area contributed by atoms with Gasteiger partial charge < -0.3 is 10.5 Å². The van der Waals surface area contributed by atoms with Gasteiger partial charge in [-0.15, -0.1) is 11.8 Å². The molecule has 7 heteroatoms. The Labute approximate surface area is 126 Å². The number of hydrazine groups is 1. The smallest absolute Gasteiger partial charge is 0.265 e. The van der Waals surface area contributed by atoms with E-state index < -0.39 is 0 Å². The number of hydrogen-bond donors (Lipinski definition) is 3. The van der Waals surface area contributed by atoms with Crippen LogP contribution in [-0.4, -0.2) is 23.3 Å². The van der Waals surface area contributed by atoms with Crippen molar-refractivity contribution in [1.82, 2.24) is 10.4 Å². The maximum Gasteiger partial charge on any atom is 0.265 e. The van der Waals surface area contributed by atoms with Crippen molar-refractivity contribution in [1.29, 1.82) is 0 Å². The summed E-state index contributed by atoms with van der Waals surface area (Å²) >= 11 is 1.52. The molecule has 6 nitrogen and oxygen atoms in total. The van der Waals surface area contributed by atoms with Crippen LogP contribution in [-0.2, 0) is 0 Å². The number of nitrogens with zero attached hydrogens (tertiary/aromatic N) is 1. The van der Waals surface area contributed by atoms with Crippen LogP contribution in [0.25, 0.3) is 0 Å². The first-order chi connectivity index (χ1) is 10.2. The highest BCUT2D eigenvalue weighted by Gasteiger charge is 2.05. The number of rotatable bonds is 6. The maximum atomic E-state index is 11.4. The molecule has 21 heavy (non-hydrogen) atoms. The fourth-order valence-electron chi connectivity index (χ4n) is 1.63. The molecule has 1 amide bonds. The number of nitrogens with one attached hydrogen (secondary N) is 1. The van der Waals surface area contributed by atoms with Crippen LogP contribution in [0.5, 0.6) is 5.75 Å². The summed E-state index contributed by atoms with van der Waals surface area (Å²) in [4.78, 5) is 15.6. The second-order valence-electron chi connectivity index (χ2n) is 4.10. The van der Waals surface area contributed by atoms with Crippen LogP contribution >= 0.6 is 11.8 Å². The molecule has 1 aromatic carbocycles. The topological polar surface area (TPSA) is 103 Å². The molecule has 0 aliphatic carbocycles. The summed E-state index contributed by atoms with van der Waals surface area (Å²) < 4.78 is 5.59. The molecule has 0 bridgehead atoms. The van der Waals surface area contributed by atoms with Crippen LogP contribution < -0.4 is 21.7 Å². The Morgan fingerprint density at radius 1 is 1.33 bits per heavy atom. The Balaban J connectivity index is 1.84. The molecule has 1 heterocycles. The minimum atomic E-state index is -0.351. The minimum absolute atomic E-state index is 0.351. The quantitative estimate of drug-likeness (QED) is 0.245. The fraction of sp³-hybridized carbons (Fsp3) is 0.143. The second-order valence-corrected chi connectivity index (χ2v) is 5.18. The van der Waals surface area contributed by atoms with E-state index in [0.29, 0.717) is 29.4 Å². The summed E-state index contributed by atoms with van der Waals surface area (Å²) in [6.07, 6.45) is 1.70. The van der Waals surface area contributed by atoms with Crippen molar-refractivity contribution in [2.45, 2.75) is 5.03 Å². The Hall–Kier alpha value is -2.25. The van der Waals surface area contributed by atoms with Crippen molar-refractivity contribution >= 4 is 23.4 Å². The SMILES string of the molecule is NNC(=O)c1cccc(OCCSc2ncccc2N)c1. The summed E-state index contributed by atoms with van der Waals surface area (Å²) in [6.45, 7) is 0.481. The van der Waals surface area contributed by atoms with E-state index in [2.05, 4.69) is 10.4 Å². The summed E-state index contributed by atoms with van der Waals surface area (Å²) in [5.74, 6) is 6.06. The van der Waals surface area contributed by atoms with Crippen molar-refractivity contribution in [3.05, 3.63) is 48.2 Å². The second kappa shape index (κ2) is 7.51. The van der Waals surface area contributed by atoms with Crippen LogP contribution in [0.1, 0.15) is 10.4 Å². The van der Waals surface area contributed by atoms with E-state index in [1.807, 2.05) is 6.07 Å². The molecule has 0 aliphatic rings. The molecule has 1 aromatic heterocycles. The first kappa shape index (κ1) is 15.1. The summed E-state index contributed by atoms with van der Waals surface area (Å²) in [5.41, 5.74) is 9.00. The molecule has 2 aromatic rings. The van der Waals surface area contributed by atoms with Gasteiger partial charge in [-0.05, 0) is 30.3 Å². The van der Waals surface area contributed by atoms with Gasteiger partial charge in [-0.1, -0.05) is 6.07 Å². The number of benzene rings is 1. The van der Waals surface area contributed by atoms with Gasteiger partial charge in [-0.3, -0.25) is 10.2 Å². The summed E-state index contributed by atoms with van der Waals surface area (Å²) in [7, 11) is 0. The monoisotopic (exact) mass is 304 g/mol. The Morgan fingerprint density at radius 3 is 2.95 bits per heavy atom. The third kappa shape index (κ3) is 4.37. The van der Waals surface area contributed by atoms with Gasteiger partial charge in [0, 0.05) is 17.5 Å². The highest BCUT2D eigenvalue weighted by Crippen LogP contribution is 2.21. The highest BCUT2D eigenvalue weighted by atomic mass is 32.2. The predicted octanol–water partition coefficient (Wildman–Crippen LogP) is 1.44. The molecule has 0 atom stereocenters. The molecular weight excluding hydrogens is 288 g/mol. The number of hydrogen-bond acceptors (Lipinski definition) is 6. The molecule has 2 rings (SSSR count). The van der Waals surface area contributed by atoms with Crippen molar-refractivity contribution in [3.63, 3.8) is 0 Å². The first-order valence-electron chi connectivity index (χ1n) is 6.28. The van der Waals surface area contributed by atoms with E-state index in [-0.39, 0.29) is 5.91 Å². The van der Waals surface area contributed by atoms with Gasteiger partial charge in [0.15, 0.2) is 0 Å². The molecule has 0 saturated carbocycles. The zero-order chi connectivity index (χ0) is 15.1. The minimum Gasteiger partial charge on any atom is -0.493 e. The number of anilines is 1. The zero-order valence-corrected chi connectivity index (χ0v) is 12.1. The molecule has 0 spiro atoms. The van der Waals surface area contributed by atoms with Crippen molar-refractivity contribution in [3.8, 4) is 5.75 Å². The average molecular weight is 304 g/mol. The van der Waals surface area contributed by atoms with Crippen LogP contribution in [0.15, 0.2) is 47.6 Å².